The van der Waals surface area contributed by atoms with Gasteiger partial charge in [0.1, 0.15) is 23.6 Å². The third kappa shape index (κ3) is 6.88. The first-order valence-electron chi connectivity index (χ1n) is 10.6. The highest BCUT2D eigenvalue weighted by atomic mass is 35.5. The summed E-state index contributed by atoms with van der Waals surface area (Å²) in [7, 11) is 1.81. The van der Waals surface area contributed by atoms with E-state index in [0.717, 1.165) is 5.82 Å². The van der Waals surface area contributed by atoms with Crippen molar-refractivity contribution in [3.8, 4) is 0 Å². The molecule has 3 atom stereocenters. The molecule has 178 valence electrons. The molecule has 1 fully saturated rings. The second kappa shape index (κ2) is 10.2. The number of carbonyl (C=O) groups is 3. The average Bonchev–Trinajstić information content (AvgIpc) is 3.15. The highest BCUT2D eigenvalue weighted by Crippen LogP contribution is 2.32. The van der Waals surface area contributed by atoms with E-state index in [9.17, 15) is 14.4 Å². The molecule has 0 aliphatic heterocycles. The topological polar surface area (TPSA) is 140 Å². The van der Waals surface area contributed by atoms with Crippen molar-refractivity contribution in [2.75, 3.05) is 5.32 Å². The van der Waals surface area contributed by atoms with Gasteiger partial charge in [-0.1, -0.05) is 11.6 Å². The summed E-state index contributed by atoms with van der Waals surface area (Å²) in [6, 6.07) is 2.10. The average molecular weight is 478 g/mol. The minimum Gasteiger partial charge on any atom is -0.444 e. The molecule has 0 saturated heterocycles. The van der Waals surface area contributed by atoms with Gasteiger partial charge in [-0.25, -0.2) is 14.8 Å². The molecule has 1 aliphatic rings. The van der Waals surface area contributed by atoms with Gasteiger partial charge in [-0.05, 0) is 52.2 Å². The van der Waals surface area contributed by atoms with Crippen molar-refractivity contribution >= 4 is 35.3 Å². The molecule has 33 heavy (non-hydrogen) atoms. The van der Waals surface area contributed by atoms with Gasteiger partial charge >= 0.3 is 17.9 Å². The van der Waals surface area contributed by atoms with Crippen LogP contribution in [-0.4, -0.2) is 55.3 Å². The zero-order valence-electron chi connectivity index (χ0n) is 19.0. The van der Waals surface area contributed by atoms with Crippen LogP contribution in [0.15, 0.2) is 24.7 Å². The third-order valence-electron chi connectivity index (χ3n) is 5.16. The standard InChI is InChI=1S/C21H28ClN7O4/c1-21(2,3)33-20(32)27-15-9-12(17-24-11-25-29(17)4)5-7-14(15)26-18(30)19(31)28-16-8-6-13(22)10-23-16/h6,8,10-12,14-15H,5,7,9H2,1-4H3,(H,26,30)(H,27,32)(H,23,28,31)/t12-,14-,15+/m0/s1. The zero-order valence-corrected chi connectivity index (χ0v) is 19.7. The summed E-state index contributed by atoms with van der Waals surface area (Å²) in [4.78, 5) is 45.6. The van der Waals surface area contributed by atoms with Crippen molar-refractivity contribution in [3.63, 3.8) is 0 Å². The number of hydrogen-bond acceptors (Lipinski definition) is 7. The van der Waals surface area contributed by atoms with Crippen molar-refractivity contribution < 1.29 is 19.1 Å². The van der Waals surface area contributed by atoms with E-state index in [4.69, 9.17) is 16.3 Å². The summed E-state index contributed by atoms with van der Waals surface area (Å²) in [6.07, 6.45) is 3.97. The summed E-state index contributed by atoms with van der Waals surface area (Å²) in [5.74, 6) is -0.671. The lowest BCUT2D eigenvalue weighted by atomic mass is 9.81. The van der Waals surface area contributed by atoms with Gasteiger partial charge in [-0.3, -0.25) is 14.3 Å². The van der Waals surface area contributed by atoms with Crippen LogP contribution >= 0.6 is 11.6 Å². The van der Waals surface area contributed by atoms with E-state index in [-0.39, 0.29) is 11.7 Å². The Bertz CT molecular complexity index is 1000. The molecule has 2 aromatic rings. The lowest BCUT2D eigenvalue weighted by molar-refractivity contribution is -0.136. The predicted molar refractivity (Wildman–Crippen MR) is 121 cm³/mol. The fraction of sp³-hybridized carbons (Fsp3) is 0.524. The Labute approximate surface area is 196 Å². The zero-order chi connectivity index (χ0) is 24.2. The second-order valence-electron chi connectivity index (χ2n) is 8.90. The number of carbonyl (C=O) groups excluding carboxylic acids is 3. The molecule has 1 saturated carbocycles. The van der Waals surface area contributed by atoms with E-state index in [1.165, 1.54) is 18.6 Å². The number of halogens is 1. The number of aromatic nitrogens is 4. The maximum absolute atomic E-state index is 12.6. The van der Waals surface area contributed by atoms with Crippen LogP contribution in [-0.2, 0) is 21.4 Å². The van der Waals surface area contributed by atoms with E-state index in [0.29, 0.717) is 24.3 Å². The molecule has 0 unspecified atom stereocenters. The Kier molecular flexibility index (Phi) is 7.52. The van der Waals surface area contributed by atoms with Gasteiger partial charge in [0.25, 0.3) is 0 Å². The van der Waals surface area contributed by atoms with E-state index in [1.54, 1.807) is 31.5 Å². The normalized spacial score (nSPS) is 20.6. The first kappa shape index (κ1) is 24.4. The monoisotopic (exact) mass is 477 g/mol. The molecule has 3 amide bonds. The Balaban J connectivity index is 1.68. The van der Waals surface area contributed by atoms with Gasteiger partial charge in [0, 0.05) is 25.2 Å². The summed E-state index contributed by atoms with van der Waals surface area (Å²) >= 11 is 5.79. The first-order chi connectivity index (χ1) is 15.5. The molecular weight excluding hydrogens is 450 g/mol. The number of pyridine rings is 1. The lowest BCUT2D eigenvalue weighted by Gasteiger charge is -2.36. The van der Waals surface area contributed by atoms with Gasteiger partial charge in [0.15, 0.2) is 0 Å². The SMILES string of the molecule is Cn1ncnc1[C@H]1CC[C@H](NC(=O)C(=O)Nc2ccc(Cl)cn2)[C@H](NC(=O)OC(C)(C)C)C1. The van der Waals surface area contributed by atoms with Crippen molar-refractivity contribution in [2.45, 2.75) is 63.6 Å². The Morgan fingerprint density at radius 1 is 1.09 bits per heavy atom. The molecule has 2 aromatic heterocycles. The number of aryl methyl sites for hydroxylation is 1. The van der Waals surface area contributed by atoms with Gasteiger partial charge in [-0.2, -0.15) is 5.10 Å². The number of ether oxygens (including phenoxy) is 1. The number of hydrogen-bond donors (Lipinski definition) is 3. The number of amides is 3. The minimum absolute atomic E-state index is 0.0256. The molecule has 12 heteroatoms. The number of nitrogens with zero attached hydrogens (tertiary/aromatic N) is 4. The van der Waals surface area contributed by atoms with E-state index in [1.807, 2.05) is 7.05 Å². The molecule has 2 heterocycles. The van der Waals surface area contributed by atoms with Gasteiger partial charge in [0.2, 0.25) is 0 Å². The molecule has 0 aromatic carbocycles. The van der Waals surface area contributed by atoms with Crippen molar-refractivity contribution in [1.29, 1.82) is 0 Å². The summed E-state index contributed by atoms with van der Waals surface area (Å²) < 4.78 is 7.08. The van der Waals surface area contributed by atoms with Crippen LogP contribution in [0.2, 0.25) is 5.02 Å². The number of alkyl carbamates (subject to hydrolysis) is 1. The molecule has 11 nitrogen and oxygen atoms in total. The summed E-state index contributed by atoms with van der Waals surface area (Å²) in [6.45, 7) is 5.30. The molecule has 0 spiro atoms. The highest BCUT2D eigenvalue weighted by molar-refractivity contribution is 6.39. The van der Waals surface area contributed by atoms with E-state index < -0.39 is 35.6 Å². The minimum atomic E-state index is -0.865. The molecular formula is C21H28ClN7O4. The van der Waals surface area contributed by atoms with Crippen LogP contribution in [0.4, 0.5) is 10.6 Å². The lowest BCUT2D eigenvalue weighted by Crippen LogP contribution is -2.56. The van der Waals surface area contributed by atoms with E-state index in [2.05, 4.69) is 31.0 Å². The second-order valence-corrected chi connectivity index (χ2v) is 9.34. The number of anilines is 1. The van der Waals surface area contributed by atoms with Crippen molar-refractivity contribution in [3.05, 3.63) is 35.5 Å². The van der Waals surface area contributed by atoms with Crippen LogP contribution in [0.1, 0.15) is 51.8 Å². The Morgan fingerprint density at radius 2 is 1.85 bits per heavy atom. The summed E-state index contributed by atoms with van der Waals surface area (Å²) in [5, 5.41) is 12.5. The van der Waals surface area contributed by atoms with Crippen LogP contribution in [0, 0.1) is 0 Å². The van der Waals surface area contributed by atoms with Gasteiger partial charge in [-0.15, -0.1) is 0 Å². The number of nitrogens with one attached hydrogen (secondary N) is 3. The quantitative estimate of drug-likeness (QED) is 0.573. The third-order valence-corrected chi connectivity index (χ3v) is 5.38. The Hall–Kier alpha value is -3.21. The maximum atomic E-state index is 12.6. The highest BCUT2D eigenvalue weighted by Gasteiger charge is 2.36. The molecule has 0 bridgehead atoms. The summed E-state index contributed by atoms with van der Waals surface area (Å²) in [5.41, 5.74) is -0.675. The van der Waals surface area contributed by atoms with Crippen LogP contribution in [0.5, 0.6) is 0 Å². The molecule has 3 rings (SSSR count). The fourth-order valence-electron chi connectivity index (χ4n) is 3.73. The Morgan fingerprint density at radius 3 is 2.45 bits per heavy atom. The van der Waals surface area contributed by atoms with Crippen molar-refractivity contribution in [2.24, 2.45) is 7.05 Å². The number of rotatable bonds is 4. The maximum Gasteiger partial charge on any atom is 0.407 e. The van der Waals surface area contributed by atoms with Crippen LogP contribution < -0.4 is 16.0 Å². The first-order valence-corrected chi connectivity index (χ1v) is 11.0. The van der Waals surface area contributed by atoms with Crippen molar-refractivity contribution in [1.82, 2.24) is 30.4 Å². The fourth-order valence-corrected chi connectivity index (χ4v) is 3.84. The molecule has 3 N–H and O–H groups in total. The smallest absolute Gasteiger partial charge is 0.407 e. The van der Waals surface area contributed by atoms with Crippen LogP contribution in [0.25, 0.3) is 0 Å². The molecule has 0 radical (unpaired) electrons. The van der Waals surface area contributed by atoms with Gasteiger partial charge < -0.3 is 20.7 Å². The van der Waals surface area contributed by atoms with Crippen LogP contribution in [0.3, 0.4) is 0 Å². The largest absolute Gasteiger partial charge is 0.444 e. The molecule has 1 aliphatic carbocycles. The van der Waals surface area contributed by atoms with Gasteiger partial charge in [0.05, 0.1) is 11.1 Å². The predicted octanol–water partition coefficient (Wildman–Crippen LogP) is 2.15. The van der Waals surface area contributed by atoms with E-state index >= 15 is 0 Å².